The van der Waals surface area contributed by atoms with Crippen molar-refractivity contribution in [2.45, 2.75) is 19.4 Å². The van der Waals surface area contributed by atoms with Gasteiger partial charge >= 0.3 is 0 Å². The molecule has 2 nitrogen and oxygen atoms in total. The van der Waals surface area contributed by atoms with Crippen molar-refractivity contribution in [1.29, 1.82) is 0 Å². The van der Waals surface area contributed by atoms with Crippen molar-refractivity contribution in [3.05, 3.63) is 59.1 Å². The fourth-order valence-corrected chi connectivity index (χ4v) is 1.95. The van der Waals surface area contributed by atoms with Crippen molar-refractivity contribution < 1.29 is 4.39 Å². The SMILES string of the molecule is CCC(Nc1cccc(Cl)c1)c1ccc(F)cn1. The number of pyridine rings is 1. The Labute approximate surface area is 111 Å². The van der Waals surface area contributed by atoms with Gasteiger partial charge in [0, 0.05) is 10.7 Å². The molecule has 1 aromatic heterocycles. The molecule has 0 spiro atoms. The van der Waals surface area contributed by atoms with Gasteiger partial charge in [0.25, 0.3) is 0 Å². The lowest BCUT2D eigenvalue weighted by Crippen LogP contribution is -2.11. The number of anilines is 1. The molecule has 2 aromatic rings. The number of hydrogen-bond donors (Lipinski definition) is 1. The van der Waals surface area contributed by atoms with Crippen LogP contribution < -0.4 is 5.32 Å². The molecule has 0 aliphatic carbocycles. The lowest BCUT2D eigenvalue weighted by molar-refractivity contribution is 0.614. The van der Waals surface area contributed by atoms with Gasteiger partial charge in [-0.05, 0) is 36.8 Å². The van der Waals surface area contributed by atoms with Gasteiger partial charge in [-0.3, -0.25) is 4.98 Å². The highest BCUT2D eigenvalue weighted by atomic mass is 35.5. The summed E-state index contributed by atoms with van der Waals surface area (Å²) in [6, 6.07) is 10.7. The number of nitrogens with one attached hydrogen (secondary N) is 1. The van der Waals surface area contributed by atoms with E-state index in [0.717, 1.165) is 17.8 Å². The topological polar surface area (TPSA) is 24.9 Å². The molecule has 1 heterocycles. The summed E-state index contributed by atoms with van der Waals surface area (Å²) >= 11 is 5.93. The minimum absolute atomic E-state index is 0.0454. The average Bonchev–Trinajstić information content (AvgIpc) is 2.37. The van der Waals surface area contributed by atoms with Crippen molar-refractivity contribution >= 4 is 17.3 Å². The molecule has 0 aliphatic heterocycles. The van der Waals surface area contributed by atoms with E-state index in [1.165, 1.54) is 12.3 Å². The largest absolute Gasteiger partial charge is 0.377 e. The molecular weight excluding hydrogens is 251 g/mol. The van der Waals surface area contributed by atoms with Crippen LogP contribution in [0.2, 0.25) is 5.02 Å². The Morgan fingerprint density at radius 2 is 2.17 bits per heavy atom. The average molecular weight is 265 g/mol. The normalized spacial score (nSPS) is 12.2. The highest BCUT2D eigenvalue weighted by Crippen LogP contribution is 2.23. The van der Waals surface area contributed by atoms with Crippen molar-refractivity contribution in [2.75, 3.05) is 5.32 Å². The number of rotatable bonds is 4. The number of hydrogen-bond acceptors (Lipinski definition) is 2. The third-order valence-corrected chi connectivity index (χ3v) is 2.92. The van der Waals surface area contributed by atoms with Crippen molar-refractivity contribution in [3.63, 3.8) is 0 Å². The summed E-state index contributed by atoms with van der Waals surface area (Å²) in [7, 11) is 0. The first kappa shape index (κ1) is 12.8. The highest BCUT2D eigenvalue weighted by molar-refractivity contribution is 6.30. The van der Waals surface area contributed by atoms with Gasteiger partial charge in [0.05, 0.1) is 17.9 Å². The van der Waals surface area contributed by atoms with Gasteiger partial charge in [-0.2, -0.15) is 0 Å². The van der Waals surface area contributed by atoms with E-state index in [1.807, 2.05) is 31.2 Å². The molecule has 1 atom stereocenters. The summed E-state index contributed by atoms with van der Waals surface area (Å²) in [6.07, 6.45) is 2.09. The molecule has 18 heavy (non-hydrogen) atoms. The maximum atomic E-state index is 12.8. The second kappa shape index (κ2) is 5.83. The fourth-order valence-electron chi connectivity index (χ4n) is 1.76. The van der Waals surface area contributed by atoms with Crippen LogP contribution in [0.25, 0.3) is 0 Å². The Hall–Kier alpha value is -1.61. The van der Waals surface area contributed by atoms with E-state index in [9.17, 15) is 4.39 Å². The van der Waals surface area contributed by atoms with Gasteiger partial charge in [0.1, 0.15) is 5.82 Å². The molecule has 2 rings (SSSR count). The van der Waals surface area contributed by atoms with Crippen LogP contribution in [0.4, 0.5) is 10.1 Å². The molecule has 0 aliphatic rings. The number of aromatic nitrogens is 1. The molecule has 0 bridgehead atoms. The smallest absolute Gasteiger partial charge is 0.141 e. The zero-order valence-electron chi connectivity index (χ0n) is 10.0. The number of halogens is 2. The minimum atomic E-state index is -0.323. The quantitative estimate of drug-likeness (QED) is 0.883. The summed E-state index contributed by atoms with van der Waals surface area (Å²) in [5.41, 5.74) is 1.75. The second-order valence-corrected chi connectivity index (χ2v) is 4.45. The number of benzene rings is 1. The first-order valence-electron chi connectivity index (χ1n) is 5.82. The molecule has 4 heteroatoms. The summed E-state index contributed by atoms with van der Waals surface area (Å²) in [6.45, 7) is 2.05. The molecule has 1 N–H and O–H groups in total. The van der Waals surface area contributed by atoms with E-state index in [1.54, 1.807) is 6.07 Å². The molecule has 0 amide bonds. The van der Waals surface area contributed by atoms with E-state index in [4.69, 9.17) is 11.6 Å². The van der Waals surface area contributed by atoms with Crippen LogP contribution in [-0.4, -0.2) is 4.98 Å². The Morgan fingerprint density at radius 3 is 2.78 bits per heavy atom. The third kappa shape index (κ3) is 3.20. The zero-order chi connectivity index (χ0) is 13.0. The first-order chi connectivity index (χ1) is 8.69. The van der Waals surface area contributed by atoms with Gasteiger partial charge in [0.15, 0.2) is 0 Å². The summed E-state index contributed by atoms with van der Waals surface area (Å²) in [4.78, 5) is 4.10. The van der Waals surface area contributed by atoms with Crippen LogP contribution in [0, 0.1) is 5.82 Å². The van der Waals surface area contributed by atoms with Crippen LogP contribution in [0.5, 0.6) is 0 Å². The van der Waals surface area contributed by atoms with E-state index >= 15 is 0 Å². The van der Waals surface area contributed by atoms with Gasteiger partial charge in [0.2, 0.25) is 0 Å². The van der Waals surface area contributed by atoms with E-state index in [2.05, 4.69) is 10.3 Å². The molecule has 0 fully saturated rings. The predicted octanol–water partition coefficient (Wildman–Crippen LogP) is 4.44. The Morgan fingerprint density at radius 1 is 1.33 bits per heavy atom. The molecule has 1 aromatic carbocycles. The Balaban J connectivity index is 2.17. The maximum absolute atomic E-state index is 12.8. The molecule has 0 radical (unpaired) electrons. The first-order valence-corrected chi connectivity index (χ1v) is 6.20. The lowest BCUT2D eigenvalue weighted by Gasteiger charge is -2.17. The molecular formula is C14H14ClFN2. The van der Waals surface area contributed by atoms with Gasteiger partial charge < -0.3 is 5.32 Å². The van der Waals surface area contributed by atoms with Gasteiger partial charge in [-0.15, -0.1) is 0 Å². The predicted molar refractivity (Wildman–Crippen MR) is 72.3 cm³/mol. The van der Waals surface area contributed by atoms with Gasteiger partial charge in [-0.25, -0.2) is 4.39 Å². The van der Waals surface area contributed by atoms with Crippen LogP contribution >= 0.6 is 11.6 Å². The van der Waals surface area contributed by atoms with Crippen LogP contribution in [0.1, 0.15) is 25.1 Å². The van der Waals surface area contributed by atoms with Crippen LogP contribution in [0.15, 0.2) is 42.6 Å². The van der Waals surface area contributed by atoms with Crippen molar-refractivity contribution in [1.82, 2.24) is 4.98 Å². The molecule has 94 valence electrons. The van der Waals surface area contributed by atoms with Crippen LogP contribution in [-0.2, 0) is 0 Å². The fraction of sp³-hybridized carbons (Fsp3) is 0.214. The van der Waals surface area contributed by atoms with E-state index in [-0.39, 0.29) is 11.9 Å². The van der Waals surface area contributed by atoms with Crippen LogP contribution in [0.3, 0.4) is 0 Å². The monoisotopic (exact) mass is 264 g/mol. The van der Waals surface area contributed by atoms with E-state index < -0.39 is 0 Å². The van der Waals surface area contributed by atoms with E-state index in [0.29, 0.717) is 5.02 Å². The third-order valence-electron chi connectivity index (χ3n) is 2.68. The Kier molecular flexibility index (Phi) is 4.15. The highest BCUT2D eigenvalue weighted by Gasteiger charge is 2.10. The summed E-state index contributed by atoms with van der Waals surface area (Å²) in [5.74, 6) is -0.323. The molecule has 0 saturated carbocycles. The Bertz CT molecular complexity index is 513. The van der Waals surface area contributed by atoms with Crippen molar-refractivity contribution in [2.24, 2.45) is 0 Å². The zero-order valence-corrected chi connectivity index (χ0v) is 10.8. The molecule has 0 saturated heterocycles. The van der Waals surface area contributed by atoms with Gasteiger partial charge in [-0.1, -0.05) is 24.6 Å². The second-order valence-electron chi connectivity index (χ2n) is 4.02. The minimum Gasteiger partial charge on any atom is -0.377 e. The summed E-state index contributed by atoms with van der Waals surface area (Å²) in [5, 5.41) is 4.02. The lowest BCUT2D eigenvalue weighted by atomic mass is 10.1. The standard InChI is InChI=1S/C14H14ClFN2/c1-2-13(14-7-6-11(16)9-17-14)18-12-5-3-4-10(15)8-12/h3-9,13,18H,2H2,1H3. The van der Waals surface area contributed by atoms with Crippen molar-refractivity contribution in [3.8, 4) is 0 Å². The summed E-state index contributed by atoms with van der Waals surface area (Å²) < 4.78 is 12.8. The molecule has 1 unspecified atom stereocenters. The maximum Gasteiger partial charge on any atom is 0.141 e. The number of nitrogens with zero attached hydrogens (tertiary/aromatic N) is 1.